The summed E-state index contributed by atoms with van der Waals surface area (Å²) < 4.78 is 0. The van der Waals surface area contributed by atoms with Crippen LogP contribution < -0.4 is 5.32 Å². The van der Waals surface area contributed by atoms with Gasteiger partial charge in [0.05, 0.1) is 11.7 Å². The lowest BCUT2D eigenvalue weighted by atomic mass is 10.2. The van der Waals surface area contributed by atoms with E-state index in [0.717, 1.165) is 38.4 Å². The average molecular weight is 268 g/mol. The van der Waals surface area contributed by atoms with Gasteiger partial charge in [0.25, 0.3) is 0 Å². The molecule has 1 N–H and O–H groups in total. The fourth-order valence-corrected chi connectivity index (χ4v) is 2.57. The van der Waals surface area contributed by atoms with Crippen molar-refractivity contribution < 1.29 is 4.79 Å². The SMILES string of the molecule is O=C1NCC2CN(Cc3ccc(Cl)nn3)CCN12. The molecule has 2 fully saturated rings. The summed E-state index contributed by atoms with van der Waals surface area (Å²) in [4.78, 5) is 15.7. The van der Waals surface area contributed by atoms with Crippen LogP contribution in [-0.2, 0) is 6.54 Å². The summed E-state index contributed by atoms with van der Waals surface area (Å²) in [6, 6.07) is 3.98. The van der Waals surface area contributed by atoms with Crippen molar-refractivity contribution >= 4 is 17.6 Å². The molecule has 0 radical (unpaired) electrons. The maximum absolute atomic E-state index is 11.5. The summed E-state index contributed by atoms with van der Waals surface area (Å²) in [5.41, 5.74) is 0.908. The highest BCUT2D eigenvalue weighted by Crippen LogP contribution is 2.15. The van der Waals surface area contributed by atoms with E-state index in [1.54, 1.807) is 6.07 Å². The number of nitrogens with zero attached hydrogens (tertiary/aromatic N) is 4. The molecule has 0 aliphatic carbocycles. The van der Waals surface area contributed by atoms with E-state index < -0.39 is 0 Å². The Balaban J connectivity index is 1.62. The number of urea groups is 1. The third-order valence-electron chi connectivity index (χ3n) is 3.39. The van der Waals surface area contributed by atoms with Crippen LogP contribution in [0.25, 0.3) is 0 Å². The van der Waals surface area contributed by atoms with Gasteiger partial charge in [-0.05, 0) is 12.1 Å². The number of amides is 2. The fraction of sp³-hybridized carbons (Fsp3) is 0.545. The minimum atomic E-state index is 0.0611. The molecule has 1 unspecified atom stereocenters. The van der Waals surface area contributed by atoms with Crippen LogP contribution >= 0.6 is 11.6 Å². The second-order valence-electron chi connectivity index (χ2n) is 4.62. The van der Waals surface area contributed by atoms with Crippen LogP contribution in [0.2, 0.25) is 5.15 Å². The van der Waals surface area contributed by atoms with Crippen molar-refractivity contribution in [2.75, 3.05) is 26.2 Å². The predicted molar refractivity (Wildman–Crippen MR) is 66.2 cm³/mol. The molecule has 0 spiro atoms. The molecule has 2 saturated heterocycles. The Hall–Kier alpha value is -1.40. The van der Waals surface area contributed by atoms with Gasteiger partial charge in [0.2, 0.25) is 0 Å². The molecule has 0 aromatic carbocycles. The molecule has 7 heteroatoms. The van der Waals surface area contributed by atoms with Gasteiger partial charge in [0.1, 0.15) is 0 Å². The first-order valence-corrected chi connectivity index (χ1v) is 6.35. The van der Waals surface area contributed by atoms with Crippen LogP contribution in [0.3, 0.4) is 0 Å². The van der Waals surface area contributed by atoms with Gasteiger partial charge in [-0.25, -0.2) is 4.79 Å². The summed E-state index contributed by atoms with van der Waals surface area (Å²) in [5.74, 6) is 0. The molecular formula is C11H14ClN5O. The Bertz CT molecular complexity index is 451. The number of rotatable bonds is 2. The number of halogens is 1. The minimum Gasteiger partial charge on any atom is -0.336 e. The molecule has 1 aromatic heterocycles. The van der Waals surface area contributed by atoms with Gasteiger partial charge >= 0.3 is 6.03 Å². The standard InChI is InChI=1S/C11H14ClN5O/c12-10-2-1-8(14-15-10)6-16-3-4-17-9(7-16)5-13-11(17)18/h1-2,9H,3-7H2,(H,13,18). The number of hydrogen-bond donors (Lipinski definition) is 1. The number of piperazine rings is 1. The first-order valence-electron chi connectivity index (χ1n) is 5.97. The van der Waals surface area contributed by atoms with Crippen molar-refractivity contribution in [3.8, 4) is 0 Å². The Morgan fingerprint density at radius 1 is 1.39 bits per heavy atom. The number of aromatic nitrogens is 2. The van der Waals surface area contributed by atoms with Crippen molar-refractivity contribution in [1.82, 2.24) is 25.3 Å². The average Bonchev–Trinajstić information content (AvgIpc) is 2.74. The van der Waals surface area contributed by atoms with Crippen LogP contribution in [0.1, 0.15) is 5.69 Å². The third-order valence-corrected chi connectivity index (χ3v) is 3.59. The normalized spacial score (nSPS) is 23.9. The Kier molecular flexibility index (Phi) is 3.05. The van der Waals surface area contributed by atoms with E-state index >= 15 is 0 Å². The Morgan fingerprint density at radius 3 is 3.06 bits per heavy atom. The lowest BCUT2D eigenvalue weighted by Gasteiger charge is -2.36. The van der Waals surface area contributed by atoms with Gasteiger partial charge in [0.15, 0.2) is 5.15 Å². The van der Waals surface area contributed by atoms with E-state index in [4.69, 9.17) is 11.6 Å². The van der Waals surface area contributed by atoms with E-state index in [-0.39, 0.29) is 12.1 Å². The Morgan fingerprint density at radius 2 is 2.28 bits per heavy atom. The summed E-state index contributed by atoms with van der Waals surface area (Å²) in [5, 5.41) is 11.2. The lowest BCUT2D eigenvalue weighted by Crippen LogP contribution is -2.51. The maximum atomic E-state index is 11.5. The van der Waals surface area contributed by atoms with Crippen molar-refractivity contribution in [2.24, 2.45) is 0 Å². The highest BCUT2D eigenvalue weighted by atomic mass is 35.5. The first-order chi connectivity index (χ1) is 8.72. The van der Waals surface area contributed by atoms with Crippen molar-refractivity contribution in [3.05, 3.63) is 23.0 Å². The molecule has 1 atom stereocenters. The van der Waals surface area contributed by atoms with Crippen LogP contribution in [-0.4, -0.2) is 58.2 Å². The quantitative estimate of drug-likeness (QED) is 0.839. The second-order valence-corrected chi connectivity index (χ2v) is 5.00. The van der Waals surface area contributed by atoms with Crippen LogP contribution in [0, 0.1) is 0 Å². The van der Waals surface area contributed by atoms with E-state index in [1.807, 2.05) is 11.0 Å². The molecule has 18 heavy (non-hydrogen) atoms. The molecule has 2 aliphatic heterocycles. The number of fused-ring (bicyclic) bond motifs is 1. The van der Waals surface area contributed by atoms with Crippen LogP contribution in [0.5, 0.6) is 0 Å². The molecule has 0 bridgehead atoms. The van der Waals surface area contributed by atoms with E-state index in [1.165, 1.54) is 0 Å². The van der Waals surface area contributed by atoms with E-state index in [2.05, 4.69) is 20.4 Å². The molecule has 6 nitrogen and oxygen atoms in total. The number of hydrogen-bond acceptors (Lipinski definition) is 4. The van der Waals surface area contributed by atoms with E-state index in [9.17, 15) is 4.79 Å². The van der Waals surface area contributed by atoms with Crippen molar-refractivity contribution in [2.45, 2.75) is 12.6 Å². The van der Waals surface area contributed by atoms with Gasteiger partial charge < -0.3 is 10.2 Å². The topological polar surface area (TPSA) is 61.4 Å². The van der Waals surface area contributed by atoms with Gasteiger partial charge in [-0.15, -0.1) is 5.10 Å². The molecule has 2 aliphatic rings. The molecule has 1 aromatic rings. The largest absolute Gasteiger partial charge is 0.336 e. The first kappa shape index (κ1) is 11.7. The lowest BCUT2D eigenvalue weighted by molar-refractivity contribution is 0.115. The number of carbonyl (C=O) groups excluding carboxylic acids is 1. The summed E-state index contributed by atoms with van der Waals surface area (Å²) in [6.07, 6.45) is 0. The Labute approximate surface area is 110 Å². The van der Waals surface area contributed by atoms with Gasteiger partial charge in [-0.3, -0.25) is 4.90 Å². The molecule has 2 amide bonds. The smallest absolute Gasteiger partial charge is 0.317 e. The van der Waals surface area contributed by atoms with Gasteiger partial charge in [-0.2, -0.15) is 5.10 Å². The highest BCUT2D eigenvalue weighted by Gasteiger charge is 2.35. The fourth-order valence-electron chi connectivity index (χ4n) is 2.47. The number of nitrogens with one attached hydrogen (secondary N) is 1. The zero-order chi connectivity index (χ0) is 12.5. The van der Waals surface area contributed by atoms with Crippen molar-refractivity contribution in [1.29, 1.82) is 0 Å². The van der Waals surface area contributed by atoms with Crippen LogP contribution in [0.15, 0.2) is 12.1 Å². The zero-order valence-corrected chi connectivity index (χ0v) is 10.6. The molecule has 0 saturated carbocycles. The molecule has 3 rings (SSSR count). The maximum Gasteiger partial charge on any atom is 0.317 e. The summed E-state index contributed by atoms with van der Waals surface area (Å²) in [7, 11) is 0. The van der Waals surface area contributed by atoms with Gasteiger partial charge in [0, 0.05) is 32.7 Å². The predicted octanol–water partition coefficient (Wildman–Crippen LogP) is 0.339. The molecular weight excluding hydrogens is 254 g/mol. The molecule has 96 valence electrons. The monoisotopic (exact) mass is 267 g/mol. The molecule has 3 heterocycles. The number of carbonyl (C=O) groups is 1. The third kappa shape index (κ3) is 2.26. The zero-order valence-electron chi connectivity index (χ0n) is 9.84. The summed E-state index contributed by atoms with van der Waals surface area (Å²) in [6.45, 7) is 4.01. The van der Waals surface area contributed by atoms with Crippen LogP contribution in [0.4, 0.5) is 4.79 Å². The summed E-state index contributed by atoms with van der Waals surface area (Å²) >= 11 is 5.70. The van der Waals surface area contributed by atoms with Gasteiger partial charge in [-0.1, -0.05) is 11.6 Å². The minimum absolute atomic E-state index is 0.0611. The van der Waals surface area contributed by atoms with E-state index in [0.29, 0.717) is 5.15 Å². The second kappa shape index (κ2) is 4.70. The van der Waals surface area contributed by atoms with Crippen molar-refractivity contribution in [3.63, 3.8) is 0 Å². The highest BCUT2D eigenvalue weighted by molar-refractivity contribution is 6.29.